The number of fused-ring (bicyclic) bond motifs is 2. The van der Waals surface area contributed by atoms with Crippen LogP contribution in [-0.2, 0) is 32.0 Å². The van der Waals surface area contributed by atoms with Crippen molar-refractivity contribution >= 4 is 118 Å². The van der Waals surface area contributed by atoms with E-state index in [0.717, 1.165) is 48.3 Å². The maximum atomic E-state index is 14.0. The van der Waals surface area contributed by atoms with Crippen LogP contribution in [0.25, 0.3) is 0 Å². The highest BCUT2D eigenvalue weighted by molar-refractivity contribution is 8.00. The normalized spacial score (nSPS) is 25.9. The molecule has 12 nitrogen and oxygen atoms in total. The predicted molar refractivity (Wildman–Crippen MR) is 268 cm³/mol. The summed E-state index contributed by atoms with van der Waals surface area (Å²) in [5.41, 5.74) is 2.81. The minimum absolute atomic E-state index is 0. The molecular formula is C44H64Cl2N8O4S4. The summed E-state index contributed by atoms with van der Waals surface area (Å²) in [7, 11) is 3.67. The van der Waals surface area contributed by atoms with Gasteiger partial charge in [-0.2, -0.15) is 0 Å². The third kappa shape index (κ3) is 11.8. The zero-order valence-electron chi connectivity index (χ0n) is 36.9. The van der Waals surface area contributed by atoms with Gasteiger partial charge in [-0.05, 0) is 124 Å². The molecule has 8 atom stereocenters. The van der Waals surface area contributed by atoms with E-state index in [-0.39, 0.29) is 71.3 Å². The average molecular weight is 968 g/mol. The molecule has 6 N–H and O–H groups in total. The van der Waals surface area contributed by atoms with Crippen LogP contribution in [0.5, 0.6) is 0 Å². The Hall–Kier alpha value is -2.70. The van der Waals surface area contributed by atoms with Crippen molar-refractivity contribution in [2.45, 2.75) is 127 Å². The lowest BCUT2D eigenvalue weighted by atomic mass is 9.84. The molecule has 18 heteroatoms. The molecule has 0 spiro atoms. The number of hydrogen-bond acceptors (Lipinski definition) is 10. The molecule has 0 unspecified atom stereocenters. The van der Waals surface area contributed by atoms with Crippen LogP contribution in [0.15, 0.2) is 48.5 Å². The van der Waals surface area contributed by atoms with Gasteiger partial charge in [-0.1, -0.05) is 76.4 Å². The number of thioether (sulfide) groups is 2. The maximum Gasteiger partial charge on any atom is 0.247 e. The van der Waals surface area contributed by atoms with E-state index in [1.807, 2.05) is 76.5 Å². The van der Waals surface area contributed by atoms with Gasteiger partial charge >= 0.3 is 0 Å². The number of likely N-dealkylation sites (N-methyl/N-ethyl adjacent to an activating group) is 2. The smallest absolute Gasteiger partial charge is 0.247 e. The van der Waals surface area contributed by atoms with Gasteiger partial charge in [-0.15, -0.1) is 48.3 Å². The van der Waals surface area contributed by atoms with E-state index in [1.54, 1.807) is 33.3 Å². The number of carbonyl (C=O) groups is 4. The topological polar surface area (TPSA) is 147 Å². The third-order valence-corrected chi connectivity index (χ3v) is 16.0. The number of aryl methyl sites for hydroxylation is 2. The van der Waals surface area contributed by atoms with Crippen molar-refractivity contribution < 1.29 is 19.2 Å². The van der Waals surface area contributed by atoms with Crippen LogP contribution in [-0.4, -0.2) is 116 Å². The SMILES string of the molecule is CN[C@@H](C)C(=S)N[C@H]1CCS[C@H]2CC(C)(C)[C@@H](C(=O)Nc3ccc(CCc4ccc(NC(=O)[C@H]5N6C(=O)[C@@H](NC(=S)[C@H](C)NC)CCS[C@H]6CC5(C)C)cc4)cc3)N2C1=O.Cl.Cl. The van der Waals surface area contributed by atoms with E-state index >= 15 is 0 Å². The first-order chi connectivity index (χ1) is 28.4. The Morgan fingerprint density at radius 3 is 1.32 bits per heavy atom. The molecule has 4 saturated heterocycles. The molecule has 0 radical (unpaired) electrons. The lowest BCUT2D eigenvalue weighted by molar-refractivity contribution is -0.140. The Labute approximate surface area is 399 Å². The molecule has 4 aliphatic heterocycles. The molecule has 0 aromatic heterocycles. The first-order valence-corrected chi connectivity index (χ1v) is 24.0. The third-order valence-electron chi connectivity index (χ3n) is 12.5. The van der Waals surface area contributed by atoms with Gasteiger partial charge in [-0.25, -0.2) is 0 Å². The second kappa shape index (κ2) is 22.0. The summed E-state index contributed by atoms with van der Waals surface area (Å²) < 4.78 is 0. The van der Waals surface area contributed by atoms with E-state index in [0.29, 0.717) is 34.2 Å². The van der Waals surface area contributed by atoms with Crippen molar-refractivity contribution in [3.05, 3.63) is 59.7 Å². The highest BCUT2D eigenvalue weighted by Crippen LogP contribution is 2.48. The van der Waals surface area contributed by atoms with Crippen LogP contribution >= 0.6 is 72.8 Å². The largest absolute Gasteiger partial charge is 0.367 e. The van der Waals surface area contributed by atoms with Crippen LogP contribution in [0.4, 0.5) is 11.4 Å². The van der Waals surface area contributed by atoms with Crippen molar-refractivity contribution in [1.29, 1.82) is 0 Å². The van der Waals surface area contributed by atoms with Crippen LogP contribution in [0.2, 0.25) is 0 Å². The molecule has 4 aliphatic rings. The zero-order valence-corrected chi connectivity index (χ0v) is 41.8. The molecule has 0 aliphatic carbocycles. The number of thiocarbonyl (C=S) groups is 2. The first kappa shape index (κ1) is 51.9. The van der Waals surface area contributed by atoms with Crippen molar-refractivity contribution in [2.75, 3.05) is 36.2 Å². The van der Waals surface area contributed by atoms with Crippen molar-refractivity contribution in [3.63, 3.8) is 0 Å². The zero-order chi connectivity index (χ0) is 43.5. The fraction of sp³-hybridized carbons (Fsp3) is 0.591. The lowest BCUT2D eigenvalue weighted by Gasteiger charge is -2.34. The van der Waals surface area contributed by atoms with Crippen LogP contribution in [0, 0.1) is 10.8 Å². The fourth-order valence-electron chi connectivity index (χ4n) is 8.78. The molecule has 4 fully saturated rings. The Kier molecular flexibility index (Phi) is 18.4. The van der Waals surface area contributed by atoms with E-state index in [4.69, 9.17) is 24.4 Å². The summed E-state index contributed by atoms with van der Waals surface area (Å²) in [5.74, 6) is 1.10. The number of anilines is 2. The molecule has 342 valence electrons. The Morgan fingerprint density at radius 2 is 1.00 bits per heavy atom. The summed E-state index contributed by atoms with van der Waals surface area (Å²) in [6.45, 7) is 12.2. The van der Waals surface area contributed by atoms with Gasteiger partial charge in [0.2, 0.25) is 23.6 Å². The monoisotopic (exact) mass is 966 g/mol. The Balaban J connectivity index is 0.00000422. The number of amides is 4. The van der Waals surface area contributed by atoms with Gasteiger partial charge in [0.15, 0.2) is 0 Å². The molecule has 62 heavy (non-hydrogen) atoms. The number of carbonyl (C=O) groups excluding carboxylic acids is 4. The molecule has 2 aromatic carbocycles. The number of nitrogens with one attached hydrogen (secondary N) is 6. The van der Waals surface area contributed by atoms with Gasteiger partial charge in [0.25, 0.3) is 0 Å². The number of rotatable bonds is 13. The number of nitrogens with zero attached hydrogens (tertiary/aromatic N) is 2. The van der Waals surface area contributed by atoms with Crippen LogP contribution < -0.4 is 31.9 Å². The standard InChI is InChI=1S/C44H62N8O4S4.2ClH/c1-25(45-7)39(57)49-31-19-21-59-33-23-43(3,4)35(51(33)41(31)55)37(53)47-29-15-11-27(12-16-29)9-10-28-13-17-30(18-14-28)48-38(54)36-44(5,6)24-34-52(36)42(56)32(20-22-60-34)50-40(58)26(2)46-8;;/h11-18,25-26,31-36,45-46H,9-10,19-24H2,1-8H3,(H,47,53)(H,48,54)(H,49,57)(H,50,58);2*1H/t25-,26-,31-,32-,33-,34-,35+,36+;;/m0../s1. The van der Waals surface area contributed by atoms with Crippen LogP contribution in [0.1, 0.15) is 78.4 Å². The highest BCUT2D eigenvalue weighted by Gasteiger charge is 2.55. The number of halogens is 2. The van der Waals surface area contributed by atoms with E-state index in [1.165, 1.54) is 0 Å². The number of benzene rings is 2. The molecule has 0 saturated carbocycles. The summed E-state index contributed by atoms with van der Waals surface area (Å²) in [4.78, 5) is 60.7. The van der Waals surface area contributed by atoms with E-state index < -0.39 is 35.0 Å². The summed E-state index contributed by atoms with van der Waals surface area (Å²) in [6, 6.07) is 13.5. The van der Waals surface area contributed by atoms with Crippen LogP contribution in [0.3, 0.4) is 0 Å². The van der Waals surface area contributed by atoms with Crippen molar-refractivity contribution in [3.8, 4) is 0 Å². The summed E-state index contributed by atoms with van der Waals surface area (Å²) in [5, 5.41) is 18.9. The first-order valence-electron chi connectivity index (χ1n) is 21.1. The predicted octanol–water partition coefficient (Wildman–Crippen LogP) is 6.16. The minimum atomic E-state index is -0.614. The van der Waals surface area contributed by atoms with Gasteiger partial charge in [0.1, 0.15) is 24.2 Å². The quantitative estimate of drug-likeness (QED) is 0.128. The molecule has 0 bridgehead atoms. The molecular weight excluding hydrogens is 904 g/mol. The summed E-state index contributed by atoms with van der Waals surface area (Å²) >= 11 is 14.6. The van der Waals surface area contributed by atoms with Gasteiger partial charge < -0.3 is 41.7 Å². The number of hydrogen-bond donors (Lipinski definition) is 6. The molecule has 2 aromatic rings. The molecule has 4 amide bonds. The van der Waals surface area contributed by atoms with Crippen molar-refractivity contribution in [2.24, 2.45) is 10.8 Å². The second-order valence-electron chi connectivity index (χ2n) is 17.9. The van der Waals surface area contributed by atoms with Gasteiger partial charge in [-0.3, -0.25) is 19.2 Å². The van der Waals surface area contributed by atoms with Crippen molar-refractivity contribution in [1.82, 2.24) is 31.1 Å². The van der Waals surface area contributed by atoms with Gasteiger partial charge in [0, 0.05) is 11.4 Å². The minimum Gasteiger partial charge on any atom is -0.367 e. The van der Waals surface area contributed by atoms with E-state index in [2.05, 4.69) is 59.6 Å². The van der Waals surface area contributed by atoms with Gasteiger partial charge in [0.05, 0.1) is 32.8 Å². The maximum absolute atomic E-state index is 14.0. The average Bonchev–Trinajstić information content (AvgIpc) is 3.53. The fourth-order valence-corrected chi connectivity index (χ4v) is 12.5. The lowest BCUT2D eigenvalue weighted by Crippen LogP contribution is -2.56. The Morgan fingerprint density at radius 1 is 0.661 bits per heavy atom. The highest BCUT2D eigenvalue weighted by atomic mass is 35.5. The second-order valence-corrected chi connectivity index (χ2v) is 21.4. The van der Waals surface area contributed by atoms with E-state index in [9.17, 15) is 19.2 Å². The molecule has 6 rings (SSSR count). The molecule has 4 heterocycles. The Bertz CT molecular complexity index is 1800. The summed E-state index contributed by atoms with van der Waals surface area (Å²) in [6.07, 6.45) is 4.35.